The first-order valence-corrected chi connectivity index (χ1v) is 14.7. The fraction of sp³-hybridized carbons (Fsp3) is 0.486. The molecule has 4 rings (SSSR count). The number of nitrogens with one attached hydrogen (secondary N) is 1. The Morgan fingerprint density at radius 1 is 1.05 bits per heavy atom. The van der Waals surface area contributed by atoms with Gasteiger partial charge in [-0.25, -0.2) is 0 Å². The highest BCUT2D eigenvalue weighted by molar-refractivity contribution is 5.98. The average Bonchev–Trinajstić information content (AvgIpc) is 2.91. The molecule has 1 heterocycles. The zero-order valence-corrected chi connectivity index (χ0v) is 25.0. The molecule has 2 unspecified atom stereocenters. The molecule has 40 heavy (non-hydrogen) atoms. The number of carbonyl (C=O) groups excluding carboxylic acids is 2. The van der Waals surface area contributed by atoms with Crippen molar-refractivity contribution in [1.29, 1.82) is 0 Å². The lowest BCUT2D eigenvalue weighted by Crippen LogP contribution is -2.52. The Hall–Kier alpha value is -3.18. The van der Waals surface area contributed by atoms with Crippen molar-refractivity contribution in [3.63, 3.8) is 0 Å². The number of anilines is 1. The topological polar surface area (TPSA) is 69.6 Å². The van der Waals surface area contributed by atoms with Gasteiger partial charge >= 0.3 is 0 Å². The van der Waals surface area contributed by atoms with E-state index in [4.69, 9.17) is 0 Å². The lowest BCUT2D eigenvalue weighted by atomic mass is 9.79. The second-order valence-corrected chi connectivity index (χ2v) is 13.2. The molecular weight excluding hydrogens is 496 g/mol. The van der Waals surface area contributed by atoms with E-state index in [-0.39, 0.29) is 29.2 Å². The Kier molecular flexibility index (Phi) is 9.04. The van der Waals surface area contributed by atoms with Crippen molar-refractivity contribution in [3.05, 3.63) is 89.0 Å². The zero-order chi connectivity index (χ0) is 29.1. The van der Waals surface area contributed by atoms with Crippen molar-refractivity contribution in [2.45, 2.75) is 90.7 Å². The number of aryl methyl sites for hydroxylation is 1. The molecule has 0 bridgehead atoms. The maximum Gasteiger partial charge on any atom is 0.254 e. The molecule has 2 N–H and O–H groups in total. The van der Waals surface area contributed by atoms with Crippen LogP contribution >= 0.6 is 0 Å². The first kappa shape index (κ1) is 29.8. The highest BCUT2D eigenvalue weighted by atomic mass is 16.3. The number of allylic oxidation sites excluding steroid dienone is 2. The van der Waals surface area contributed by atoms with Gasteiger partial charge in [0.05, 0.1) is 17.6 Å². The van der Waals surface area contributed by atoms with E-state index >= 15 is 0 Å². The predicted molar refractivity (Wildman–Crippen MR) is 163 cm³/mol. The maximum atomic E-state index is 13.9. The van der Waals surface area contributed by atoms with Crippen molar-refractivity contribution < 1.29 is 14.7 Å². The Labute approximate surface area is 240 Å². The van der Waals surface area contributed by atoms with Crippen LogP contribution in [0.5, 0.6) is 0 Å². The number of nitrogens with zero attached hydrogens (tertiary/aromatic N) is 1. The first-order chi connectivity index (χ1) is 18.8. The monoisotopic (exact) mass is 542 g/mol. The first-order valence-electron chi connectivity index (χ1n) is 14.7. The van der Waals surface area contributed by atoms with E-state index in [1.54, 1.807) is 0 Å². The molecule has 0 spiro atoms. The summed E-state index contributed by atoms with van der Waals surface area (Å²) >= 11 is 0. The van der Waals surface area contributed by atoms with Gasteiger partial charge in [-0.1, -0.05) is 69.3 Å². The average molecular weight is 543 g/mol. The predicted octanol–water partition coefficient (Wildman–Crippen LogP) is 7.21. The van der Waals surface area contributed by atoms with Gasteiger partial charge in [-0.3, -0.25) is 9.59 Å². The third-order valence-corrected chi connectivity index (χ3v) is 8.29. The molecule has 1 saturated heterocycles. The van der Waals surface area contributed by atoms with Gasteiger partial charge in [-0.15, -0.1) is 0 Å². The van der Waals surface area contributed by atoms with Crippen molar-refractivity contribution in [2.75, 3.05) is 11.9 Å². The molecule has 0 saturated carbocycles. The van der Waals surface area contributed by atoms with Crippen LogP contribution in [0.25, 0.3) is 0 Å². The van der Waals surface area contributed by atoms with Gasteiger partial charge in [0.1, 0.15) is 0 Å². The summed E-state index contributed by atoms with van der Waals surface area (Å²) in [5.41, 5.74) is 3.90. The normalized spacial score (nSPS) is 21.6. The highest BCUT2D eigenvalue weighted by Crippen LogP contribution is 2.36. The minimum atomic E-state index is -0.689. The second-order valence-electron chi connectivity index (χ2n) is 13.2. The minimum Gasteiger partial charge on any atom is -0.390 e. The number of rotatable bonds is 7. The van der Waals surface area contributed by atoms with Gasteiger partial charge in [0, 0.05) is 17.8 Å². The van der Waals surface area contributed by atoms with Gasteiger partial charge in [0.2, 0.25) is 5.91 Å². The Morgan fingerprint density at radius 2 is 1.80 bits per heavy atom. The van der Waals surface area contributed by atoms with Crippen LogP contribution in [-0.4, -0.2) is 40.0 Å². The van der Waals surface area contributed by atoms with Gasteiger partial charge < -0.3 is 15.3 Å². The van der Waals surface area contributed by atoms with E-state index in [0.29, 0.717) is 18.0 Å². The molecule has 1 fully saturated rings. The fourth-order valence-corrected chi connectivity index (χ4v) is 5.83. The summed E-state index contributed by atoms with van der Waals surface area (Å²) in [6, 6.07) is 15.4. The van der Waals surface area contributed by atoms with Crippen LogP contribution in [-0.2, 0) is 10.2 Å². The maximum absolute atomic E-state index is 13.9. The van der Waals surface area contributed by atoms with E-state index in [1.165, 1.54) is 0 Å². The van der Waals surface area contributed by atoms with Gasteiger partial charge in [0.25, 0.3) is 5.91 Å². The third kappa shape index (κ3) is 7.31. The summed E-state index contributed by atoms with van der Waals surface area (Å²) in [5.74, 6) is -0.0823. The molecular formula is C35H46N2O3. The molecule has 0 aromatic heterocycles. The smallest absolute Gasteiger partial charge is 0.254 e. The standard InChI is InChI=1S/C35H46N2O3/c1-24-11-7-8-14-29(24)33(39)37-22-10-15-30(32(38)36-28-13-9-12-27(23-28)34(2,3)4)31(37)26-18-16-25(17-19-26)20-21-35(5,6)40/h7-9,11-14,16,18-19,23,25,30-31,40H,10,15,17,20-22H2,1-6H3,(H,36,38)/t25?,30-,31?/m0/s1. The molecule has 1 aliphatic carbocycles. The molecule has 5 nitrogen and oxygen atoms in total. The number of benzene rings is 2. The lowest BCUT2D eigenvalue weighted by molar-refractivity contribution is -0.122. The van der Waals surface area contributed by atoms with Crippen molar-refractivity contribution in [3.8, 4) is 0 Å². The molecule has 5 heteroatoms. The SMILES string of the molecule is Cc1ccccc1C(=O)N1CCC[C@H](C(=O)Nc2cccc(C(C)(C)C)c2)C1C1=CCC(CCC(C)(C)O)C=C1. The second kappa shape index (κ2) is 12.1. The van der Waals surface area contributed by atoms with E-state index in [1.807, 2.05) is 62.1 Å². The van der Waals surface area contributed by atoms with E-state index in [0.717, 1.165) is 54.5 Å². The summed E-state index contributed by atoms with van der Waals surface area (Å²) in [4.78, 5) is 29.8. The summed E-state index contributed by atoms with van der Waals surface area (Å²) in [6.07, 6.45) is 10.5. The zero-order valence-electron chi connectivity index (χ0n) is 25.0. The van der Waals surface area contributed by atoms with E-state index in [2.05, 4.69) is 56.4 Å². The van der Waals surface area contributed by atoms with Gasteiger partial charge in [-0.2, -0.15) is 0 Å². The largest absolute Gasteiger partial charge is 0.390 e. The van der Waals surface area contributed by atoms with Crippen LogP contribution in [0.1, 0.15) is 88.2 Å². The quantitative estimate of drug-likeness (QED) is 0.389. The summed E-state index contributed by atoms with van der Waals surface area (Å²) in [6.45, 7) is 12.8. The number of likely N-dealkylation sites (tertiary alicyclic amines) is 1. The summed E-state index contributed by atoms with van der Waals surface area (Å²) in [7, 11) is 0. The number of hydrogen-bond donors (Lipinski definition) is 2. The number of carbonyl (C=O) groups is 2. The number of piperidine rings is 1. The molecule has 2 amide bonds. The van der Waals surface area contributed by atoms with Crippen LogP contribution in [0.4, 0.5) is 5.69 Å². The summed E-state index contributed by atoms with van der Waals surface area (Å²) in [5, 5.41) is 13.4. The number of hydrogen-bond acceptors (Lipinski definition) is 3. The van der Waals surface area contributed by atoms with Crippen molar-refractivity contribution in [2.24, 2.45) is 11.8 Å². The van der Waals surface area contributed by atoms with Crippen molar-refractivity contribution >= 4 is 17.5 Å². The Bertz CT molecular complexity index is 1280. The van der Waals surface area contributed by atoms with Crippen molar-refractivity contribution in [1.82, 2.24) is 4.90 Å². The molecule has 2 aromatic rings. The Balaban J connectivity index is 1.62. The molecule has 2 aromatic carbocycles. The molecule has 0 radical (unpaired) electrons. The minimum absolute atomic E-state index is 0.0196. The van der Waals surface area contributed by atoms with E-state index in [9.17, 15) is 14.7 Å². The molecule has 3 atom stereocenters. The van der Waals surface area contributed by atoms with E-state index < -0.39 is 5.60 Å². The van der Waals surface area contributed by atoms with Gasteiger partial charge in [0.15, 0.2) is 0 Å². The highest BCUT2D eigenvalue weighted by Gasteiger charge is 2.41. The number of amides is 2. The van der Waals surface area contributed by atoms with Crippen LogP contribution in [0.3, 0.4) is 0 Å². The van der Waals surface area contributed by atoms with Crippen LogP contribution in [0, 0.1) is 18.8 Å². The molecule has 2 aliphatic rings. The van der Waals surface area contributed by atoms with Crippen LogP contribution < -0.4 is 5.32 Å². The Morgan fingerprint density at radius 3 is 2.45 bits per heavy atom. The molecule has 1 aliphatic heterocycles. The van der Waals surface area contributed by atoms with Crippen LogP contribution in [0.15, 0.2) is 72.3 Å². The van der Waals surface area contributed by atoms with Gasteiger partial charge in [-0.05, 0) is 99.1 Å². The van der Waals surface area contributed by atoms with Crippen LogP contribution in [0.2, 0.25) is 0 Å². The fourth-order valence-electron chi connectivity index (χ4n) is 5.83. The summed E-state index contributed by atoms with van der Waals surface area (Å²) < 4.78 is 0. The third-order valence-electron chi connectivity index (χ3n) is 8.29. The molecule has 214 valence electrons. The lowest BCUT2D eigenvalue weighted by Gasteiger charge is -2.42. The number of aliphatic hydroxyl groups is 1.